The van der Waals surface area contributed by atoms with Crippen LogP contribution in [0.1, 0.15) is 60.4 Å². The van der Waals surface area contributed by atoms with Crippen LogP contribution in [0.2, 0.25) is 0 Å². The predicted molar refractivity (Wildman–Crippen MR) is 142 cm³/mol. The van der Waals surface area contributed by atoms with Crippen molar-refractivity contribution in [2.45, 2.75) is 63.8 Å². The number of carbonyl (C=O) groups excluding carboxylic acids is 2. The van der Waals surface area contributed by atoms with Crippen molar-refractivity contribution < 1.29 is 28.9 Å². The van der Waals surface area contributed by atoms with Crippen LogP contribution in [0.25, 0.3) is 0 Å². The van der Waals surface area contributed by atoms with Crippen LogP contribution < -0.4 is 20.7 Å². The van der Waals surface area contributed by atoms with Gasteiger partial charge in [-0.2, -0.15) is 8.78 Å². The highest BCUT2D eigenvalue weighted by Crippen LogP contribution is 2.43. The number of ether oxygens (including phenoxy) is 1. The summed E-state index contributed by atoms with van der Waals surface area (Å²) in [5.41, 5.74) is 1.34. The molecular formula is C25H31F3N8O3S. The highest BCUT2D eigenvalue weighted by molar-refractivity contribution is 7.17. The minimum absolute atomic E-state index is 0. The summed E-state index contributed by atoms with van der Waals surface area (Å²) in [5.74, 6) is 0.172. The first kappa shape index (κ1) is 26.6. The number of hydrogen-bond acceptors (Lipinski definition) is 8. The number of nitrogens with zero attached hydrogens (tertiary/aromatic N) is 5. The molecule has 2 fully saturated rings. The van der Waals surface area contributed by atoms with Gasteiger partial charge in [0.15, 0.2) is 0 Å². The van der Waals surface area contributed by atoms with Crippen LogP contribution in [-0.2, 0) is 24.7 Å². The smallest absolute Gasteiger partial charge is 0.388 e. The molecule has 0 aliphatic heterocycles. The monoisotopic (exact) mass is 580 g/mol. The van der Waals surface area contributed by atoms with E-state index in [-0.39, 0.29) is 43.9 Å². The molecule has 1 atom stereocenters. The molecule has 2 amide bonds. The van der Waals surface area contributed by atoms with E-state index in [1.807, 2.05) is 4.57 Å². The molecule has 40 heavy (non-hydrogen) atoms. The first-order chi connectivity index (χ1) is 19.2. The summed E-state index contributed by atoms with van der Waals surface area (Å²) in [5, 5.41) is 21.7. The average Bonchev–Trinajstić information content (AvgIpc) is 3.33. The summed E-state index contributed by atoms with van der Waals surface area (Å²) in [6, 6.07) is 1.23. The molecule has 2 saturated carbocycles. The Kier molecular flexibility index (Phi) is 7.15. The third-order valence-electron chi connectivity index (χ3n) is 7.67. The van der Waals surface area contributed by atoms with Crippen LogP contribution >= 0.6 is 11.3 Å². The summed E-state index contributed by atoms with van der Waals surface area (Å²) in [7, 11) is 1.58. The van der Waals surface area contributed by atoms with Crippen LogP contribution in [0.5, 0.6) is 5.88 Å². The van der Waals surface area contributed by atoms with Gasteiger partial charge in [0.1, 0.15) is 23.3 Å². The van der Waals surface area contributed by atoms with Crippen molar-refractivity contribution in [1.29, 1.82) is 0 Å². The molecule has 3 N–H and O–H groups in total. The lowest BCUT2D eigenvalue weighted by Crippen LogP contribution is -2.36. The number of anilines is 3. The molecule has 216 valence electrons. The number of amides is 2. The molecule has 6 rings (SSSR count). The number of carbonyl (C=O) groups is 2. The zero-order valence-corrected chi connectivity index (χ0v) is 22.5. The lowest BCUT2D eigenvalue weighted by atomic mass is 9.83. The van der Waals surface area contributed by atoms with Crippen molar-refractivity contribution in [2.75, 3.05) is 17.2 Å². The van der Waals surface area contributed by atoms with E-state index in [0.29, 0.717) is 47.6 Å². The van der Waals surface area contributed by atoms with Gasteiger partial charge in [0, 0.05) is 37.9 Å². The fourth-order valence-corrected chi connectivity index (χ4v) is 6.42. The van der Waals surface area contributed by atoms with Gasteiger partial charge in [0.2, 0.25) is 17.7 Å². The molecule has 0 bridgehead atoms. The van der Waals surface area contributed by atoms with Gasteiger partial charge < -0.3 is 20.7 Å². The molecule has 3 heterocycles. The fraction of sp³-hybridized carbons (Fsp3) is 0.560. The zero-order valence-electron chi connectivity index (χ0n) is 21.7. The summed E-state index contributed by atoms with van der Waals surface area (Å²) in [4.78, 5) is 27.2. The number of alkyl halides is 3. The third-order valence-corrected chi connectivity index (χ3v) is 8.88. The molecule has 0 unspecified atom stereocenters. The first-order valence-corrected chi connectivity index (χ1v) is 14.1. The number of aromatic nitrogens is 5. The second-order valence-electron chi connectivity index (χ2n) is 10.6. The Morgan fingerprint density at radius 1 is 1.27 bits per heavy atom. The Balaban J connectivity index is 0.00000337. The van der Waals surface area contributed by atoms with E-state index in [9.17, 15) is 22.8 Å². The topological polar surface area (TPSA) is 128 Å². The van der Waals surface area contributed by atoms with Crippen LogP contribution in [0, 0.1) is 11.8 Å². The van der Waals surface area contributed by atoms with Crippen molar-refractivity contribution in [3.63, 3.8) is 0 Å². The Labute approximate surface area is 233 Å². The quantitative estimate of drug-likeness (QED) is 0.328. The zero-order chi connectivity index (χ0) is 28.0. The average molecular weight is 581 g/mol. The number of hydrogen-bond donors (Lipinski definition) is 3. The van der Waals surface area contributed by atoms with Crippen molar-refractivity contribution in [3.05, 3.63) is 28.4 Å². The Bertz CT molecular complexity index is 1420. The van der Waals surface area contributed by atoms with E-state index in [2.05, 4.69) is 36.0 Å². The second kappa shape index (κ2) is 10.7. The summed E-state index contributed by atoms with van der Waals surface area (Å²) >= 11 is 1.41. The highest BCUT2D eigenvalue weighted by atomic mass is 32.1. The van der Waals surface area contributed by atoms with Gasteiger partial charge in [0.05, 0.1) is 5.56 Å². The van der Waals surface area contributed by atoms with Gasteiger partial charge in [-0.25, -0.2) is 9.07 Å². The van der Waals surface area contributed by atoms with E-state index in [1.54, 1.807) is 13.4 Å². The van der Waals surface area contributed by atoms with Gasteiger partial charge in [-0.1, -0.05) is 0 Å². The van der Waals surface area contributed by atoms with Crippen LogP contribution in [0.4, 0.5) is 29.9 Å². The second-order valence-corrected chi connectivity index (χ2v) is 11.7. The minimum Gasteiger partial charge on any atom is -0.415 e. The summed E-state index contributed by atoms with van der Waals surface area (Å²) < 4.78 is 46.2. The Hall–Kier alpha value is -3.62. The fourth-order valence-electron chi connectivity index (χ4n) is 5.18. The van der Waals surface area contributed by atoms with Crippen LogP contribution in [0.15, 0.2) is 12.4 Å². The maximum atomic E-state index is 13.4. The first-order valence-electron chi connectivity index (χ1n) is 13.3. The standard InChI is InChI=1S/C25H29F3N8O3S.H2/c1-35-18(9-19(34-35)39-24(27)28)31-25-33-30-11-36(25)15-4-5-17-16(8-15)20(22(38)29-10-12-2-3-12)23(40-17)32-21(37)13-6-14(26)7-13;/h9,11-15,24H,2-8,10H2,1H3,(H,29,38)(H,31,33)(H,32,37);1H/t13?,14?,15-;/m0./s1. The molecule has 0 radical (unpaired) electrons. The predicted octanol–water partition coefficient (Wildman–Crippen LogP) is 4.22. The van der Waals surface area contributed by atoms with Gasteiger partial charge >= 0.3 is 6.61 Å². The maximum absolute atomic E-state index is 13.4. The number of nitrogens with one attached hydrogen (secondary N) is 3. The number of aryl methyl sites for hydroxylation is 2. The van der Waals surface area contributed by atoms with E-state index >= 15 is 0 Å². The normalized spacial score (nSPS) is 22.0. The highest BCUT2D eigenvalue weighted by Gasteiger charge is 2.37. The molecule has 0 saturated heterocycles. The number of rotatable bonds is 10. The van der Waals surface area contributed by atoms with Crippen molar-refractivity contribution in [3.8, 4) is 5.88 Å². The molecule has 3 aromatic heterocycles. The summed E-state index contributed by atoms with van der Waals surface area (Å²) in [6.45, 7) is -2.40. The van der Waals surface area contributed by atoms with Crippen LogP contribution in [0.3, 0.4) is 0 Å². The van der Waals surface area contributed by atoms with Gasteiger partial charge in [-0.05, 0) is 56.4 Å². The van der Waals surface area contributed by atoms with Crippen molar-refractivity contribution in [2.24, 2.45) is 18.9 Å². The van der Waals surface area contributed by atoms with Gasteiger partial charge in [-0.15, -0.1) is 26.6 Å². The van der Waals surface area contributed by atoms with Gasteiger partial charge in [-0.3, -0.25) is 14.2 Å². The van der Waals surface area contributed by atoms with E-state index in [4.69, 9.17) is 0 Å². The van der Waals surface area contributed by atoms with Crippen molar-refractivity contribution >= 4 is 39.9 Å². The molecule has 3 aliphatic carbocycles. The lowest BCUT2D eigenvalue weighted by molar-refractivity contribution is -0.124. The molecular weight excluding hydrogens is 549 g/mol. The molecule has 0 spiro atoms. The molecule has 3 aromatic rings. The van der Waals surface area contributed by atoms with E-state index in [1.165, 1.54) is 22.1 Å². The number of halogens is 3. The van der Waals surface area contributed by atoms with Crippen LogP contribution in [-0.4, -0.2) is 55.7 Å². The number of fused-ring (bicyclic) bond motifs is 1. The molecule has 0 aromatic carbocycles. The lowest BCUT2D eigenvalue weighted by Gasteiger charge is -2.28. The Morgan fingerprint density at radius 2 is 2.08 bits per heavy atom. The molecule has 3 aliphatic rings. The van der Waals surface area contributed by atoms with Gasteiger partial charge in [0.25, 0.3) is 5.91 Å². The minimum atomic E-state index is -2.99. The largest absolute Gasteiger partial charge is 0.415 e. The third kappa shape index (κ3) is 5.51. The summed E-state index contributed by atoms with van der Waals surface area (Å²) in [6.07, 6.45) is 5.14. The number of thiophene rings is 1. The Morgan fingerprint density at radius 3 is 2.80 bits per heavy atom. The molecule has 15 heteroatoms. The SMILES string of the molecule is Cn1nc(OC(F)F)cc1Nc1nncn1[C@H]1CCc2sc(NC(=O)C3CC(F)C3)c(C(=O)NCC3CC3)c2C1.[HH]. The van der Waals surface area contributed by atoms with E-state index in [0.717, 1.165) is 29.7 Å². The van der Waals surface area contributed by atoms with E-state index < -0.39 is 12.8 Å². The van der Waals surface area contributed by atoms with Crippen molar-refractivity contribution in [1.82, 2.24) is 29.9 Å². The molecule has 11 nitrogen and oxygen atoms in total. The maximum Gasteiger partial charge on any atom is 0.388 e.